The maximum atomic E-state index is 5.88. The number of fused-ring (bicyclic) bond motifs is 1. The van der Waals surface area contributed by atoms with Crippen molar-refractivity contribution in [2.75, 3.05) is 32.8 Å². The molecule has 1 saturated heterocycles. The molecule has 2 aliphatic heterocycles. The summed E-state index contributed by atoms with van der Waals surface area (Å²) in [6, 6.07) is 10.1. The minimum atomic E-state index is -0.0592. The highest BCUT2D eigenvalue weighted by atomic mass is 16.5. The van der Waals surface area contributed by atoms with Crippen molar-refractivity contribution in [2.24, 2.45) is 0 Å². The second-order valence-electron chi connectivity index (χ2n) is 6.28. The largest absolute Gasteiger partial charge is 0.489 e. The molecule has 0 spiro atoms. The summed E-state index contributed by atoms with van der Waals surface area (Å²) in [4.78, 5) is 11.3. The predicted molar refractivity (Wildman–Crippen MR) is 91.8 cm³/mol. The van der Waals surface area contributed by atoms with Gasteiger partial charge in [-0.2, -0.15) is 0 Å². The van der Waals surface area contributed by atoms with Crippen molar-refractivity contribution in [1.82, 2.24) is 14.9 Å². The third-order valence-corrected chi connectivity index (χ3v) is 4.37. The first-order valence-electron chi connectivity index (χ1n) is 8.33. The number of benzene rings is 1. The minimum Gasteiger partial charge on any atom is -0.489 e. The highest BCUT2D eigenvalue weighted by Crippen LogP contribution is 2.27. The van der Waals surface area contributed by atoms with Crippen molar-refractivity contribution < 1.29 is 9.47 Å². The van der Waals surface area contributed by atoms with Crippen LogP contribution in [0.4, 0.5) is 0 Å². The number of hydrogen-bond acceptors (Lipinski definition) is 5. The molecule has 0 saturated carbocycles. The van der Waals surface area contributed by atoms with Crippen LogP contribution < -0.4 is 4.74 Å². The molecule has 2 aromatic rings. The molecule has 0 N–H and O–H groups in total. The lowest BCUT2D eigenvalue weighted by atomic mass is 10.1. The van der Waals surface area contributed by atoms with Gasteiger partial charge in [-0.3, -0.25) is 4.90 Å². The van der Waals surface area contributed by atoms with Crippen LogP contribution in [0.2, 0.25) is 0 Å². The van der Waals surface area contributed by atoms with E-state index in [0.717, 1.165) is 42.5 Å². The number of aromatic nitrogens is 2. The van der Waals surface area contributed by atoms with Gasteiger partial charge in [0.1, 0.15) is 18.5 Å². The summed E-state index contributed by atoms with van der Waals surface area (Å²) in [7, 11) is 0. The highest BCUT2D eigenvalue weighted by Gasteiger charge is 2.25. The van der Waals surface area contributed by atoms with Crippen molar-refractivity contribution in [2.45, 2.75) is 13.0 Å². The molecule has 4 rings (SSSR count). The number of para-hydroxylation sites is 1. The number of rotatable bonds is 3. The van der Waals surface area contributed by atoms with Gasteiger partial charge in [0.15, 0.2) is 5.82 Å². The van der Waals surface area contributed by atoms with Gasteiger partial charge in [0, 0.05) is 37.1 Å². The molecule has 0 radical (unpaired) electrons. The lowest BCUT2D eigenvalue weighted by molar-refractivity contribution is -0.0318. The first-order valence-corrected chi connectivity index (χ1v) is 8.33. The smallest absolute Gasteiger partial charge is 0.158 e. The molecule has 1 aromatic heterocycles. The first kappa shape index (κ1) is 15.3. The Balaban J connectivity index is 1.45. The van der Waals surface area contributed by atoms with Crippen LogP contribution >= 0.6 is 0 Å². The van der Waals surface area contributed by atoms with E-state index in [1.54, 1.807) is 6.20 Å². The summed E-state index contributed by atoms with van der Waals surface area (Å²) in [5, 5.41) is 0. The zero-order valence-electron chi connectivity index (χ0n) is 13.8. The molecular weight excluding hydrogens is 302 g/mol. The van der Waals surface area contributed by atoms with E-state index in [-0.39, 0.29) is 6.10 Å². The number of nitrogens with zero attached hydrogens (tertiary/aromatic N) is 3. The maximum absolute atomic E-state index is 5.88. The molecule has 124 valence electrons. The van der Waals surface area contributed by atoms with Gasteiger partial charge in [-0.1, -0.05) is 18.2 Å². The fraction of sp³-hybridized carbons (Fsp3) is 0.368. The third-order valence-electron chi connectivity index (χ3n) is 4.37. The Morgan fingerprint density at radius 1 is 1.25 bits per heavy atom. The lowest BCUT2D eigenvalue weighted by Gasteiger charge is -2.33. The topological polar surface area (TPSA) is 47.5 Å². The highest BCUT2D eigenvalue weighted by molar-refractivity contribution is 5.62. The Bertz CT molecular complexity index is 760. The van der Waals surface area contributed by atoms with E-state index < -0.39 is 0 Å². The average Bonchev–Trinajstić information content (AvgIpc) is 2.62. The van der Waals surface area contributed by atoms with Crippen molar-refractivity contribution in [1.29, 1.82) is 0 Å². The first-order chi connectivity index (χ1) is 11.8. The number of aryl methyl sites for hydroxylation is 1. The SMILES string of the molecule is Cc1ccnc([C@@H]2CN(CC3=Cc4ccccc4OC3)CCO2)n1. The van der Waals surface area contributed by atoms with Crippen molar-refractivity contribution in [3.63, 3.8) is 0 Å². The molecule has 24 heavy (non-hydrogen) atoms. The van der Waals surface area contributed by atoms with E-state index in [9.17, 15) is 0 Å². The molecule has 5 heteroatoms. The zero-order chi connectivity index (χ0) is 16.4. The molecule has 2 aliphatic rings. The van der Waals surface area contributed by atoms with E-state index in [0.29, 0.717) is 13.2 Å². The number of hydrogen-bond donors (Lipinski definition) is 0. The molecule has 0 bridgehead atoms. The summed E-state index contributed by atoms with van der Waals surface area (Å²) in [6.45, 7) is 5.95. The van der Waals surface area contributed by atoms with E-state index >= 15 is 0 Å². The van der Waals surface area contributed by atoms with Crippen LogP contribution in [0.25, 0.3) is 6.08 Å². The van der Waals surface area contributed by atoms with E-state index in [1.807, 2.05) is 31.2 Å². The molecule has 1 aromatic carbocycles. The van der Waals surface area contributed by atoms with Crippen LogP contribution in [0.15, 0.2) is 42.1 Å². The molecular formula is C19H21N3O2. The van der Waals surface area contributed by atoms with Gasteiger partial charge in [-0.25, -0.2) is 9.97 Å². The van der Waals surface area contributed by atoms with Gasteiger partial charge in [0.2, 0.25) is 0 Å². The van der Waals surface area contributed by atoms with Crippen LogP contribution in [0, 0.1) is 6.92 Å². The van der Waals surface area contributed by atoms with Gasteiger partial charge >= 0.3 is 0 Å². The number of morpholine rings is 1. The van der Waals surface area contributed by atoms with Crippen molar-refractivity contribution in [3.05, 3.63) is 59.2 Å². The molecule has 0 aliphatic carbocycles. The zero-order valence-corrected chi connectivity index (χ0v) is 13.8. The van der Waals surface area contributed by atoms with Gasteiger partial charge in [0.25, 0.3) is 0 Å². The van der Waals surface area contributed by atoms with Gasteiger partial charge in [-0.15, -0.1) is 0 Å². The average molecular weight is 323 g/mol. The molecule has 0 unspecified atom stereocenters. The monoisotopic (exact) mass is 323 g/mol. The Morgan fingerprint density at radius 2 is 2.17 bits per heavy atom. The lowest BCUT2D eigenvalue weighted by Crippen LogP contribution is -2.40. The van der Waals surface area contributed by atoms with E-state index in [4.69, 9.17) is 9.47 Å². The Labute approximate surface area is 141 Å². The van der Waals surface area contributed by atoms with Crippen LogP contribution in [-0.4, -0.2) is 47.7 Å². The second-order valence-corrected chi connectivity index (χ2v) is 6.28. The summed E-state index contributed by atoms with van der Waals surface area (Å²) in [6.07, 6.45) is 3.98. The summed E-state index contributed by atoms with van der Waals surface area (Å²) in [5.41, 5.74) is 3.42. The fourth-order valence-corrected chi connectivity index (χ4v) is 3.17. The predicted octanol–water partition coefficient (Wildman–Crippen LogP) is 2.63. The molecule has 1 fully saturated rings. The fourth-order valence-electron chi connectivity index (χ4n) is 3.17. The van der Waals surface area contributed by atoms with Gasteiger partial charge in [0.05, 0.1) is 6.61 Å². The molecule has 5 nitrogen and oxygen atoms in total. The van der Waals surface area contributed by atoms with Crippen molar-refractivity contribution in [3.8, 4) is 5.75 Å². The molecule has 1 atom stereocenters. The van der Waals surface area contributed by atoms with E-state index in [2.05, 4.69) is 27.0 Å². The summed E-state index contributed by atoms with van der Waals surface area (Å²) < 4.78 is 11.7. The summed E-state index contributed by atoms with van der Waals surface area (Å²) >= 11 is 0. The Kier molecular flexibility index (Phi) is 4.28. The standard InChI is InChI=1S/C19H21N3O2/c1-14-6-7-20-19(21-14)18-12-22(8-9-23-18)11-15-10-16-4-2-3-5-17(16)24-13-15/h2-7,10,18H,8-9,11-13H2,1H3/t18-/m0/s1. The normalized spacial score (nSPS) is 20.9. The van der Waals surface area contributed by atoms with Crippen molar-refractivity contribution >= 4 is 6.08 Å². The molecule has 0 amide bonds. The van der Waals surface area contributed by atoms with Gasteiger partial charge in [-0.05, 0) is 30.7 Å². The Morgan fingerprint density at radius 3 is 3.08 bits per heavy atom. The van der Waals surface area contributed by atoms with Gasteiger partial charge < -0.3 is 9.47 Å². The minimum absolute atomic E-state index is 0.0592. The van der Waals surface area contributed by atoms with Crippen LogP contribution in [0.1, 0.15) is 23.2 Å². The Hall–Kier alpha value is -2.24. The van der Waals surface area contributed by atoms with Crippen LogP contribution in [0.3, 0.4) is 0 Å². The quantitative estimate of drug-likeness (QED) is 0.869. The molecule has 3 heterocycles. The van der Waals surface area contributed by atoms with Crippen LogP contribution in [-0.2, 0) is 4.74 Å². The maximum Gasteiger partial charge on any atom is 0.158 e. The van der Waals surface area contributed by atoms with E-state index in [1.165, 1.54) is 5.57 Å². The third kappa shape index (κ3) is 3.32. The summed E-state index contributed by atoms with van der Waals surface area (Å²) in [5.74, 6) is 1.74. The van der Waals surface area contributed by atoms with Crippen LogP contribution in [0.5, 0.6) is 5.75 Å². The number of ether oxygens (including phenoxy) is 2. The second kappa shape index (κ2) is 6.71.